The number of thioether (sulfide) groups is 1. The average molecular weight is 267 g/mol. The summed E-state index contributed by atoms with van der Waals surface area (Å²) < 4.78 is 1.98. The zero-order valence-corrected chi connectivity index (χ0v) is 11.4. The lowest BCUT2D eigenvalue weighted by Gasteiger charge is -2.22. The summed E-state index contributed by atoms with van der Waals surface area (Å²) in [5.74, 6) is 0. The summed E-state index contributed by atoms with van der Waals surface area (Å²) >= 11 is 1.72. The largest absolute Gasteiger partial charge is 0.222 e. The Balaban J connectivity index is 2.15. The number of nitrogens with zero attached hydrogens (tertiary/aromatic N) is 3. The van der Waals surface area contributed by atoms with E-state index < -0.39 is 0 Å². The molecule has 1 aliphatic rings. The molecule has 0 N–H and O–H groups in total. The molecule has 0 radical (unpaired) electrons. The molecule has 0 atom stereocenters. The molecule has 4 rings (SSSR count). The van der Waals surface area contributed by atoms with Crippen LogP contribution in [0.25, 0.3) is 16.9 Å². The molecule has 1 aliphatic carbocycles. The number of benzene rings is 1. The van der Waals surface area contributed by atoms with Gasteiger partial charge in [0, 0.05) is 17.2 Å². The quantitative estimate of drug-likeness (QED) is 0.501. The van der Waals surface area contributed by atoms with Crippen LogP contribution in [0, 0.1) is 0 Å². The van der Waals surface area contributed by atoms with Gasteiger partial charge in [0.25, 0.3) is 0 Å². The van der Waals surface area contributed by atoms with E-state index in [1.165, 1.54) is 22.4 Å². The van der Waals surface area contributed by atoms with Gasteiger partial charge in [0.2, 0.25) is 0 Å². The molecule has 0 amide bonds. The zero-order chi connectivity index (χ0) is 12.8. The SMILES string of the molecule is CSc1nc2ccnn2c2c1CCc1ccccc1-2. The average Bonchev–Trinajstić information content (AvgIpc) is 2.93. The zero-order valence-electron chi connectivity index (χ0n) is 10.6. The highest BCUT2D eigenvalue weighted by Gasteiger charge is 2.22. The van der Waals surface area contributed by atoms with Gasteiger partial charge in [-0.3, -0.25) is 0 Å². The lowest BCUT2D eigenvalue weighted by Crippen LogP contribution is -2.11. The van der Waals surface area contributed by atoms with Gasteiger partial charge in [-0.05, 0) is 24.7 Å². The van der Waals surface area contributed by atoms with Crippen LogP contribution in [0.4, 0.5) is 0 Å². The summed E-state index contributed by atoms with van der Waals surface area (Å²) in [6, 6.07) is 10.6. The van der Waals surface area contributed by atoms with Gasteiger partial charge in [-0.15, -0.1) is 11.8 Å². The van der Waals surface area contributed by atoms with Crippen LogP contribution in [0.2, 0.25) is 0 Å². The van der Waals surface area contributed by atoms with Gasteiger partial charge < -0.3 is 0 Å². The third kappa shape index (κ3) is 1.53. The summed E-state index contributed by atoms with van der Waals surface area (Å²) in [7, 11) is 0. The molecule has 0 unspecified atom stereocenters. The van der Waals surface area contributed by atoms with Crippen molar-refractivity contribution >= 4 is 17.4 Å². The number of aryl methyl sites for hydroxylation is 1. The van der Waals surface area contributed by atoms with E-state index in [0.717, 1.165) is 23.5 Å². The van der Waals surface area contributed by atoms with Gasteiger partial charge in [0.05, 0.1) is 11.9 Å². The number of fused-ring (bicyclic) bond motifs is 5. The molecular weight excluding hydrogens is 254 g/mol. The van der Waals surface area contributed by atoms with Crippen LogP contribution in [0.1, 0.15) is 11.1 Å². The summed E-state index contributed by atoms with van der Waals surface area (Å²) in [6.45, 7) is 0. The molecule has 0 fully saturated rings. The van der Waals surface area contributed by atoms with Crippen molar-refractivity contribution < 1.29 is 0 Å². The van der Waals surface area contributed by atoms with Gasteiger partial charge in [-0.1, -0.05) is 24.3 Å². The van der Waals surface area contributed by atoms with E-state index in [1.807, 2.05) is 16.8 Å². The molecule has 0 bridgehead atoms. The monoisotopic (exact) mass is 267 g/mol. The van der Waals surface area contributed by atoms with E-state index in [2.05, 4.69) is 35.6 Å². The van der Waals surface area contributed by atoms with E-state index in [-0.39, 0.29) is 0 Å². The Morgan fingerprint density at radius 2 is 2.05 bits per heavy atom. The summed E-state index contributed by atoms with van der Waals surface area (Å²) in [6.07, 6.45) is 6.05. The number of aromatic nitrogens is 3. The molecule has 0 spiro atoms. The summed E-state index contributed by atoms with van der Waals surface area (Å²) in [5, 5.41) is 5.59. The van der Waals surface area contributed by atoms with Crippen molar-refractivity contribution in [2.75, 3.05) is 6.26 Å². The fourth-order valence-electron chi connectivity index (χ4n) is 2.85. The number of hydrogen-bond acceptors (Lipinski definition) is 3. The molecule has 3 nitrogen and oxygen atoms in total. The Bertz CT molecular complexity index is 776. The summed E-state index contributed by atoms with van der Waals surface area (Å²) in [4.78, 5) is 4.70. The van der Waals surface area contributed by atoms with E-state index in [4.69, 9.17) is 4.98 Å². The number of hydrogen-bond donors (Lipinski definition) is 0. The minimum absolute atomic E-state index is 0.930. The van der Waals surface area contributed by atoms with Crippen LogP contribution in [-0.2, 0) is 12.8 Å². The van der Waals surface area contributed by atoms with Crippen molar-refractivity contribution in [3.63, 3.8) is 0 Å². The Morgan fingerprint density at radius 1 is 1.16 bits per heavy atom. The maximum Gasteiger partial charge on any atom is 0.156 e. The molecule has 3 aromatic rings. The molecular formula is C15H13N3S. The van der Waals surface area contributed by atoms with Crippen molar-refractivity contribution in [1.82, 2.24) is 14.6 Å². The maximum atomic E-state index is 4.70. The van der Waals surface area contributed by atoms with Gasteiger partial charge in [-0.25, -0.2) is 9.50 Å². The molecule has 19 heavy (non-hydrogen) atoms. The van der Waals surface area contributed by atoms with Crippen LogP contribution in [0.15, 0.2) is 41.6 Å². The predicted molar refractivity (Wildman–Crippen MR) is 77.6 cm³/mol. The lowest BCUT2D eigenvalue weighted by atomic mass is 9.90. The van der Waals surface area contributed by atoms with Crippen molar-refractivity contribution in [1.29, 1.82) is 0 Å². The molecule has 4 heteroatoms. The molecule has 1 aromatic carbocycles. The van der Waals surface area contributed by atoms with Gasteiger partial charge >= 0.3 is 0 Å². The Morgan fingerprint density at radius 3 is 2.95 bits per heavy atom. The van der Waals surface area contributed by atoms with Gasteiger partial charge in [0.1, 0.15) is 5.03 Å². The van der Waals surface area contributed by atoms with E-state index in [0.29, 0.717) is 0 Å². The van der Waals surface area contributed by atoms with Gasteiger partial charge in [0.15, 0.2) is 5.65 Å². The first kappa shape index (κ1) is 11.1. The van der Waals surface area contributed by atoms with Gasteiger partial charge in [-0.2, -0.15) is 5.10 Å². The third-order valence-corrected chi connectivity index (χ3v) is 4.43. The Hall–Kier alpha value is -1.81. The first-order valence-electron chi connectivity index (χ1n) is 6.37. The van der Waals surface area contributed by atoms with Crippen LogP contribution in [0.5, 0.6) is 0 Å². The van der Waals surface area contributed by atoms with Crippen molar-refractivity contribution in [2.45, 2.75) is 17.9 Å². The van der Waals surface area contributed by atoms with Crippen molar-refractivity contribution in [2.24, 2.45) is 0 Å². The lowest BCUT2D eigenvalue weighted by molar-refractivity contribution is 0.826. The second kappa shape index (κ2) is 4.10. The molecule has 0 aliphatic heterocycles. The maximum absolute atomic E-state index is 4.70. The highest BCUT2D eigenvalue weighted by Crippen LogP contribution is 2.37. The standard InChI is InChI=1S/C15H13N3S/c1-19-15-12-7-6-10-4-2-3-5-11(10)14(12)18-13(17-15)8-9-16-18/h2-5,8-9H,6-7H2,1H3. The summed E-state index contributed by atoms with van der Waals surface area (Å²) in [5.41, 5.74) is 6.20. The minimum Gasteiger partial charge on any atom is -0.222 e. The smallest absolute Gasteiger partial charge is 0.156 e. The van der Waals surface area contributed by atoms with Crippen molar-refractivity contribution in [3.05, 3.63) is 47.7 Å². The molecule has 94 valence electrons. The minimum atomic E-state index is 0.930. The highest BCUT2D eigenvalue weighted by atomic mass is 32.2. The van der Waals surface area contributed by atoms with E-state index >= 15 is 0 Å². The molecule has 2 aromatic heterocycles. The molecule has 2 heterocycles. The second-order valence-electron chi connectivity index (χ2n) is 4.71. The van der Waals surface area contributed by atoms with Crippen molar-refractivity contribution in [3.8, 4) is 11.3 Å². The van der Waals surface area contributed by atoms with Crippen LogP contribution < -0.4 is 0 Å². The fourth-order valence-corrected chi connectivity index (χ4v) is 3.48. The normalized spacial score (nSPS) is 13.3. The third-order valence-electron chi connectivity index (χ3n) is 3.70. The Labute approximate surface area is 115 Å². The molecule has 0 saturated heterocycles. The van der Waals surface area contributed by atoms with E-state index in [9.17, 15) is 0 Å². The first-order valence-corrected chi connectivity index (χ1v) is 7.60. The Kier molecular flexibility index (Phi) is 2.38. The molecule has 0 saturated carbocycles. The van der Waals surface area contributed by atoms with Crippen LogP contribution >= 0.6 is 11.8 Å². The second-order valence-corrected chi connectivity index (χ2v) is 5.50. The van der Waals surface area contributed by atoms with E-state index in [1.54, 1.807) is 11.8 Å². The topological polar surface area (TPSA) is 30.2 Å². The fraction of sp³-hybridized carbons (Fsp3) is 0.200. The highest BCUT2D eigenvalue weighted by molar-refractivity contribution is 7.98. The number of rotatable bonds is 1. The van der Waals surface area contributed by atoms with Crippen LogP contribution in [-0.4, -0.2) is 20.9 Å². The predicted octanol–water partition coefficient (Wildman–Crippen LogP) is 3.22. The van der Waals surface area contributed by atoms with Crippen LogP contribution in [0.3, 0.4) is 0 Å². The first-order chi connectivity index (χ1) is 9.38.